The van der Waals surface area contributed by atoms with Crippen LogP contribution < -0.4 is 5.11 Å². The Morgan fingerprint density at radius 1 is 0.606 bits per heavy atom. The number of carboxylic acids is 1. The largest absolute Gasteiger partial charge is 2.00 e. The molecule has 0 aliphatic carbocycles. The third-order valence-corrected chi connectivity index (χ3v) is 6.09. The minimum Gasteiger partial charge on any atom is -0.545 e. The van der Waals surface area contributed by atoms with Gasteiger partial charge in [-0.25, -0.2) is 4.79 Å². The molecule has 0 unspecified atom stereocenters. The van der Waals surface area contributed by atoms with Crippen molar-refractivity contribution in [1.82, 2.24) is 0 Å². The summed E-state index contributed by atoms with van der Waals surface area (Å²) in [7, 11) is 0. The van der Waals surface area contributed by atoms with Crippen molar-refractivity contribution >= 4 is 49.7 Å². The van der Waals surface area contributed by atoms with Crippen LogP contribution in [0.2, 0.25) is 0 Å². The Bertz CT molecular complexity index is 600. The molecule has 5 heteroatoms. The monoisotopic (exact) mass is 485 g/mol. The minimum absolute atomic E-state index is 0. The number of benzene rings is 1. The van der Waals surface area contributed by atoms with Crippen LogP contribution in [0.5, 0.6) is 0 Å². The van der Waals surface area contributed by atoms with Gasteiger partial charge in [-0.15, -0.1) is 0 Å². The van der Waals surface area contributed by atoms with E-state index in [1.165, 1.54) is 127 Å². The van der Waals surface area contributed by atoms with Crippen molar-refractivity contribution in [3.05, 3.63) is 35.4 Å². The number of aromatic carboxylic acids is 1. The summed E-state index contributed by atoms with van der Waals surface area (Å²) in [5, 5.41) is 10.7. The zero-order valence-corrected chi connectivity index (χ0v) is 23.3. The Morgan fingerprint density at radius 3 is 1.30 bits per heavy atom. The van der Waals surface area contributed by atoms with Crippen LogP contribution in [0.15, 0.2) is 24.3 Å². The van der Waals surface area contributed by atoms with E-state index in [1.807, 2.05) is 0 Å². The first-order valence-corrected chi connectivity index (χ1v) is 13.1. The minimum atomic E-state index is -1.25. The second kappa shape index (κ2) is 23.2. The van der Waals surface area contributed by atoms with E-state index >= 15 is 0 Å². The first-order chi connectivity index (χ1) is 15.6. The van der Waals surface area contributed by atoms with Crippen molar-refractivity contribution in [2.45, 2.75) is 122 Å². The van der Waals surface area contributed by atoms with Crippen LogP contribution in [0.1, 0.15) is 143 Å². The zero-order chi connectivity index (χ0) is 23.3. The molecule has 0 radical (unpaired) electrons. The van der Waals surface area contributed by atoms with Crippen LogP contribution in [0, 0.1) is 0 Å². The Hall–Kier alpha value is -0.580. The summed E-state index contributed by atoms with van der Waals surface area (Å²) in [5.74, 6) is -1.65. The Balaban J connectivity index is 0.0000102. The van der Waals surface area contributed by atoms with Gasteiger partial charge in [0.2, 0.25) is 0 Å². The van der Waals surface area contributed by atoms with E-state index in [0.717, 1.165) is 12.8 Å². The fourth-order valence-corrected chi connectivity index (χ4v) is 3.99. The van der Waals surface area contributed by atoms with Gasteiger partial charge in [-0.3, -0.25) is 0 Å². The van der Waals surface area contributed by atoms with Gasteiger partial charge < -0.3 is 14.6 Å². The van der Waals surface area contributed by atoms with Crippen molar-refractivity contribution in [3.63, 3.8) is 0 Å². The predicted molar refractivity (Wildman–Crippen MR) is 136 cm³/mol. The van der Waals surface area contributed by atoms with Crippen molar-refractivity contribution < 1.29 is 19.4 Å². The number of esters is 1. The number of ether oxygens (including phenoxy) is 1. The molecule has 0 saturated carbocycles. The Kier molecular flexibility index (Phi) is 22.8. The molecule has 33 heavy (non-hydrogen) atoms. The summed E-state index contributed by atoms with van der Waals surface area (Å²) in [6, 6.07) is 5.65. The van der Waals surface area contributed by atoms with Crippen LogP contribution in [0.4, 0.5) is 0 Å². The van der Waals surface area contributed by atoms with E-state index in [1.54, 1.807) is 0 Å². The molecule has 1 rings (SSSR count). The topological polar surface area (TPSA) is 66.4 Å². The number of hydrogen-bond donors (Lipinski definition) is 0. The number of carboxylic acid groups (broad SMARTS) is 1. The van der Waals surface area contributed by atoms with Crippen LogP contribution in [0.3, 0.4) is 0 Å². The van der Waals surface area contributed by atoms with Gasteiger partial charge >= 0.3 is 43.7 Å². The van der Waals surface area contributed by atoms with Gasteiger partial charge in [-0.1, -0.05) is 128 Å². The van der Waals surface area contributed by atoms with E-state index in [2.05, 4.69) is 6.92 Å². The molecule has 0 atom stereocenters. The van der Waals surface area contributed by atoms with Crippen LogP contribution in [-0.4, -0.2) is 56.3 Å². The van der Waals surface area contributed by atoms with Gasteiger partial charge in [0.1, 0.15) is 0 Å². The van der Waals surface area contributed by atoms with E-state index < -0.39 is 11.9 Å². The molecule has 182 valence electrons. The summed E-state index contributed by atoms with van der Waals surface area (Å²) < 4.78 is 5.26. The molecular weight excluding hydrogens is 440 g/mol. The van der Waals surface area contributed by atoms with Crippen molar-refractivity contribution in [2.24, 2.45) is 0 Å². The molecule has 0 heterocycles. The van der Waals surface area contributed by atoms with Crippen molar-refractivity contribution in [2.75, 3.05) is 6.61 Å². The average molecular weight is 486 g/mol. The van der Waals surface area contributed by atoms with Gasteiger partial charge in [0, 0.05) is 0 Å². The van der Waals surface area contributed by atoms with E-state index in [0.29, 0.717) is 12.2 Å². The first kappa shape index (κ1) is 32.4. The fraction of sp³-hybridized carbons (Fsp3) is 0.714. The molecule has 0 spiro atoms. The molecule has 0 aromatic heterocycles. The Labute approximate surface area is 232 Å². The van der Waals surface area contributed by atoms with Gasteiger partial charge in [0.25, 0.3) is 0 Å². The molecule has 0 N–H and O–H groups in total. The number of carbonyl (C=O) groups excluding carboxylic acids is 2. The van der Waals surface area contributed by atoms with Crippen molar-refractivity contribution in [3.8, 4) is 0 Å². The Morgan fingerprint density at radius 2 is 0.939 bits per heavy atom. The number of unbranched alkanes of at least 4 members (excludes halogenated alkanes) is 17. The van der Waals surface area contributed by atoms with Gasteiger partial charge in [-0.05, 0) is 24.1 Å². The van der Waals surface area contributed by atoms with Gasteiger partial charge in [0.05, 0.1) is 18.1 Å². The first-order valence-electron chi connectivity index (χ1n) is 13.1. The van der Waals surface area contributed by atoms with E-state index in [-0.39, 0.29) is 43.3 Å². The molecule has 0 amide bonds. The SMILES string of the molecule is CCCCCCCCCCCCCCCCCCCCOC(=O)c1ccc(C(=O)[O-])cc1.[Ca+2]. The summed E-state index contributed by atoms with van der Waals surface area (Å²) in [4.78, 5) is 22.6. The third kappa shape index (κ3) is 18.4. The quantitative estimate of drug-likeness (QED) is 0.108. The number of hydrogen-bond acceptors (Lipinski definition) is 4. The maximum Gasteiger partial charge on any atom is 2.00 e. The number of rotatable bonds is 21. The maximum absolute atomic E-state index is 11.9. The van der Waals surface area contributed by atoms with Crippen LogP contribution in [0.25, 0.3) is 0 Å². The molecular formula is C28H45CaO4+. The van der Waals surface area contributed by atoms with E-state index in [9.17, 15) is 14.7 Å². The van der Waals surface area contributed by atoms with Gasteiger partial charge in [0.15, 0.2) is 0 Å². The fourth-order valence-electron chi connectivity index (χ4n) is 3.99. The smallest absolute Gasteiger partial charge is 0.545 e. The third-order valence-electron chi connectivity index (χ3n) is 6.09. The normalized spacial score (nSPS) is 10.6. The molecule has 0 aliphatic rings. The average Bonchev–Trinajstić information content (AvgIpc) is 2.80. The maximum atomic E-state index is 11.9. The summed E-state index contributed by atoms with van der Waals surface area (Å²) in [5.41, 5.74) is 0.433. The molecule has 0 fully saturated rings. The summed E-state index contributed by atoms with van der Waals surface area (Å²) in [6.07, 6.45) is 23.9. The zero-order valence-electron chi connectivity index (χ0n) is 21.1. The van der Waals surface area contributed by atoms with Gasteiger partial charge in [-0.2, -0.15) is 0 Å². The summed E-state index contributed by atoms with van der Waals surface area (Å²) >= 11 is 0. The van der Waals surface area contributed by atoms with Crippen LogP contribution >= 0.6 is 0 Å². The molecule has 1 aromatic carbocycles. The second-order valence-electron chi connectivity index (χ2n) is 9.01. The molecule has 0 saturated heterocycles. The summed E-state index contributed by atoms with van der Waals surface area (Å²) in [6.45, 7) is 2.69. The van der Waals surface area contributed by atoms with E-state index in [4.69, 9.17) is 4.74 Å². The molecule has 1 aromatic rings. The number of carbonyl (C=O) groups is 2. The molecule has 4 nitrogen and oxygen atoms in total. The predicted octanol–water partition coefficient (Wildman–Crippen LogP) is 6.87. The molecule has 0 bridgehead atoms. The standard InChI is InChI=1S/C28H46O4.Ca/c1-2-3-4-5-6-7-8-9-10-11-12-13-14-15-16-17-18-19-24-32-28(31)26-22-20-25(21-23-26)27(29)30;/h20-23H,2-19,24H2,1H3,(H,29,30);/q;+2/p-1. The second-order valence-corrected chi connectivity index (χ2v) is 9.01. The molecule has 0 aliphatic heterocycles. The van der Waals surface area contributed by atoms with Crippen LogP contribution in [-0.2, 0) is 4.74 Å². The van der Waals surface area contributed by atoms with Crippen molar-refractivity contribution in [1.29, 1.82) is 0 Å².